The molecule has 0 aliphatic carbocycles. The molecule has 0 aromatic heterocycles. The molecule has 2 rings (SSSR count). The lowest BCUT2D eigenvalue weighted by molar-refractivity contribution is 0.601. The summed E-state index contributed by atoms with van der Waals surface area (Å²) in [6.45, 7) is 1.93. The number of nitrogens with one attached hydrogen (secondary N) is 1. The lowest BCUT2D eigenvalue weighted by Crippen LogP contribution is -2.15. The summed E-state index contributed by atoms with van der Waals surface area (Å²) in [4.78, 5) is 0.0411. The van der Waals surface area contributed by atoms with Crippen molar-refractivity contribution in [3.63, 3.8) is 0 Å². The Balaban J connectivity index is 2.43. The molecule has 0 amide bonds. The van der Waals surface area contributed by atoms with Crippen molar-refractivity contribution in [3.05, 3.63) is 50.9 Å². The number of nitrogen functional groups attached to an aromatic ring is 1. The van der Waals surface area contributed by atoms with Gasteiger partial charge in [0.25, 0.3) is 10.0 Å². The zero-order valence-electron chi connectivity index (χ0n) is 10.5. The fraction of sp³-hybridized carbons (Fsp3) is 0.0769. The van der Waals surface area contributed by atoms with Crippen LogP contribution in [-0.2, 0) is 10.0 Å². The maximum atomic E-state index is 12.4. The summed E-state index contributed by atoms with van der Waals surface area (Å²) in [6.07, 6.45) is 0. The molecule has 0 atom stereocenters. The van der Waals surface area contributed by atoms with Gasteiger partial charge in [-0.05, 0) is 58.7 Å². The maximum absolute atomic E-state index is 12.4. The van der Waals surface area contributed by atoms with Gasteiger partial charge in [0.1, 0.15) is 4.90 Å². The summed E-state index contributed by atoms with van der Waals surface area (Å²) >= 11 is 6.58. The van der Waals surface area contributed by atoms with Crippen molar-refractivity contribution in [2.45, 2.75) is 11.8 Å². The van der Waals surface area contributed by atoms with Crippen molar-refractivity contribution in [1.82, 2.24) is 0 Å². The van der Waals surface area contributed by atoms with Crippen LogP contribution in [0.25, 0.3) is 0 Å². The third kappa shape index (κ3) is 3.34. The van der Waals surface area contributed by atoms with E-state index in [0.29, 0.717) is 14.6 Å². The number of benzene rings is 2. The first-order valence-corrected chi connectivity index (χ1v) is 8.70. The Labute approximate surface area is 134 Å². The summed E-state index contributed by atoms with van der Waals surface area (Å²) < 4.78 is 28.6. The Kier molecular flexibility index (Phi) is 4.41. The lowest BCUT2D eigenvalue weighted by atomic mass is 10.2. The van der Waals surface area contributed by atoms with Crippen molar-refractivity contribution < 1.29 is 8.42 Å². The SMILES string of the molecule is Cc1ccc(NS(=O)(=O)c2cc(Br)ccc2N)c(Br)c1. The Morgan fingerprint density at radius 3 is 2.45 bits per heavy atom. The highest BCUT2D eigenvalue weighted by Crippen LogP contribution is 2.29. The lowest BCUT2D eigenvalue weighted by Gasteiger charge is -2.12. The van der Waals surface area contributed by atoms with Crippen LogP contribution in [0.5, 0.6) is 0 Å². The predicted molar refractivity (Wildman–Crippen MR) is 88.2 cm³/mol. The molecule has 0 fully saturated rings. The van der Waals surface area contributed by atoms with E-state index in [1.165, 1.54) is 6.07 Å². The number of hydrogen-bond donors (Lipinski definition) is 2. The van der Waals surface area contributed by atoms with Crippen LogP contribution >= 0.6 is 31.9 Å². The second kappa shape index (κ2) is 5.75. The normalized spacial score (nSPS) is 11.3. The number of aryl methyl sites for hydroxylation is 1. The number of hydrogen-bond acceptors (Lipinski definition) is 3. The van der Waals surface area contributed by atoms with Gasteiger partial charge in [-0.15, -0.1) is 0 Å². The molecule has 0 saturated carbocycles. The van der Waals surface area contributed by atoms with Gasteiger partial charge in [-0.25, -0.2) is 8.42 Å². The minimum Gasteiger partial charge on any atom is -0.398 e. The first-order valence-electron chi connectivity index (χ1n) is 5.63. The number of anilines is 2. The van der Waals surface area contributed by atoms with Crippen LogP contribution in [0.15, 0.2) is 50.2 Å². The van der Waals surface area contributed by atoms with Crippen LogP contribution < -0.4 is 10.5 Å². The Bertz CT molecular complexity index is 761. The average molecular weight is 420 g/mol. The summed E-state index contributed by atoms with van der Waals surface area (Å²) in [6, 6.07) is 10.1. The molecule has 0 aliphatic heterocycles. The molecule has 0 bridgehead atoms. The molecular weight excluding hydrogens is 408 g/mol. The molecule has 3 N–H and O–H groups in total. The van der Waals surface area contributed by atoms with E-state index in [9.17, 15) is 8.42 Å². The molecule has 2 aromatic carbocycles. The van der Waals surface area contributed by atoms with Crippen LogP contribution in [0, 0.1) is 6.92 Å². The molecular formula is C13H12Br2N2O2S. The van der Waals surface area contributed by atoms with Crippen molar-refractivity contribution in [3.8, 4) is 0 Å². The van der Waals surface area contributed by atoms with Crippen molar-refractivity contribution in [2.24, 2.45) is 0 Å². The molecule has 0 aliphatic rings. The molecule has 2 aromatic rings. The molecule has 4 nitrogen and oxygen atoms in total. The van der Waals surface area contributed by atoms with Gasteiger partial charge in [-0.3, -0.25) is 4.72 Å². The molecule has 0 heterocycles. The smallest absolute Gasteiger partial charge is 0.264 e. The van der Waals surface area contributed by atoms with Gasteiger partial charge in [-0.2, -0.15) is 0 Å². The summed E-state index contributed by atoms with van der Waals surface area (Å²) in [7, 11) is -3.74. The molecule has 0 spiro atoms. The van der Waals surface area contributed by atoms with E-state index in [4.69, 9.17) is 5.73 Å². The molecule has 0 saturated heterocycles. The second-order valence-corrected chi connectivity index (χ2v) is 7.69. The summed E-state index contributed by atoms with van der Waals surface area (Å²) in [5.74, 6) is 0. The highest BCUT2D eigenvalue weighted by Gasteiger charge is 2.19. The van der Waals surface area contributed by atoms with Gasteiger partial charge in [-0.1, -0.05) is 22.0 Å². The molecule has 7 heteroatoms. The number of rotatable bonds is 3. The fourth-order valence-electron chi connectivity index (χ4n) is 1.64. The highest BCUT2D eigenvalue weighted by molar-refractivity contribution is 9.10. The van der Waals surface area contributed by atoms with E-state index >= 15 is 0 Å². The van der Waals surface area contributed by atoms with Crippen molar-refractivity contribution in [2.75, 3.05) is 10.5 Å². The van der Waals surface area contributed by atoms with Gasteiger partial charge in [0, 0.05) is 8.95 Å². The van der Waals surface area contributed by atoms with Gasteiger partial charge < -0.3 is 5.73 Å². The van der Waals surface area contributed by atoms with Crippen LogP contribution in [0.2, 0.25) is 0 Å². The zero-order valence-corrected chi connectivity index (χ0v) is 14.5. The largest absolute Gasteiger partial charge is 0.398 e. The van der Waals surface area contributed by atoms with Gasteiger partial charge in [0.2, 0.25) is 0 Å². The molecule has 106 valence electrons. The Morgan fingerprint density at radius 1 is 1.10 bits per heavy atom. The van der Waals surface area contributed by atoms with Crippen molar-refractivity contribution >= 4 is 53.3 Å². The Hall–Kier alpha value is -1.05. The summed E-state index contributed by atoms with van der Waals surface area (Å²) in [5.41, 5.74) is 7.43. The van der Waals surface area contributed by atoms with E-state index < -0.39 is 10.0 Å². The fourth-order valence-corrected chi connectivity index (χ4v) is 4.12. The predicted octanol–water partition coefficient (Wildman–Crippen LogP) is 3.90. The van der Waals surface area contributed by atoms with E-state index in [0.717, 1.165) is 5.56 Å². The number of nitrogens with two attached hydrogens (primary N) is 1. The third-order valence-electron chi connectivity index (χ3n) is 2.63. The monoisotopic (exact) mass is 418 g/mol. The van der Waals surface area contributed by atoms with Gasteiger partial charge >= 0.3 is 0 Å². The topological polar surface area (TPSA) is 72.2 Å². The number of sulfonamides is 1. The zero-order chi connectivity index (χ0) is 14.9. The number of halogens is 2. The van der Waals surface area contributed by atoms with Crippen LogP contribution in [0.4, 0.5) is 11.4 Å². The first-order chi connectivity index (χ1) is 9.29. The maximum Gasteiger partial charge on any atom is 0.264 e. The molecule has 0 unspecified atom stereocenters. The van der Waals surface area contributed by atoms with Crippen LogP contribution in [0.1, 0.15) is 5.56 Å². The van der Waals surface area contributed by atoms with Crippen LogP contribution in [0.3, 0.4) is 0 Å². The third-order valence-corrected chi connectivity index (χ3v) is 5.20. The molecule has 0 radical (unpaired) electrons. The average Bonchev–Trinajstić information content (AvgIpc) is 2.35. The van der Waals surface area contributed by atoms with E-state index in [1.54, 1.807) is 18.2 Å². The van der Waals surface area contributed by atoms with Gasteiger partial charge in [0.05, 0.1) is 11.4 Å². The van der Waals surface area contributed by atoms with Crippen LogP contribution in [-0.4, -0.2) is 8.42 Å². The Morgan fingerprint density at radius 2 is 1.80 bits per heavy atom. The van der Waals surface area contributed by atoms with E-state index in [1.807, 2.05) is 19.1 Å². The summed E-state index contributed by atoms with van der Waals surface area (Å²) in [5, 5.41) is 0. The first kappa shape index (κ1) is 15.3. The molecule has 20 heavy (non-hydrogen) atoms. The minimum atomic E-state index is -3.74. The quantitative estimate of drug-likeness (QED) is 0.741. The minimum absolute atomic E-state index is 0.0411. The van der Waals surface area contributed by atoms with E-state index in [2.05, 4.69) is 36.6 Å². The standard InChI is InChI=1S/C13H12Br2N2O2S/c1-8-2-5-12(10(15)6-8)17-20(18,19)13-7-9(14)3-4-11(13)16/h2-7,17H,16H2,1H3. The van der Waals surface area contributed by atoms with Gasteiger partial charge in [0.15, 0.2) is 0 Å². The highest BCUT2D eigenvalue weighted by atomic mass is 79.9. The van der Waals surface area contributed by atoms with Crippen molar-refractivity contribution in [1.29, 1.82) is 0 Å². The van der Waals surface area contributed by atoms with E-state index in [-0.39, 0.29) is 10.6 Å². The second-order valence-electron chi connectivity index (χ2n) is 4.27.